The monoisotopic (exact) mass is 340 g/mol. The van der Waals surface area contributed by atoms with E-state index in [9.17, 15) is 9.59 Å². The van der Waals surface area contributed by atoms with Gasteiger partial charge in [-0.1, -0.05) is 18.2 Å². The number of benzene rings is 1. The molecular formula is C17H20N6O2. The molecule has 1 atom stereocenters. The average Bonchev–Trinajstić information content (AvgIpc) is 3.30. The number of carbonyl (C=O) groups is 2. The van der Waals surface area contributed by atoms with E-state index >= 15 is 0 Å². The number of likely N-dealkylation sites (N-methyl/N-ethyl adjacent to an activating group) is 1. The highest BCUT2D eigenvalue weighted by Crippen LogP contribution is 2.39. The topological polar surface area (TPSA) is 95.1 Å². The number of nitrogens with zero attached hydrogens (tertiary/aromatic N) is 5. The van der Waals surface area contributed by atoms with Crippen molar-refractivity contribution in [1.82, 2.24) is 30.4 Å². The molecule has 1 unspecified atom stereocenters. The van der Waals surface area contributed by atoms with Crippen molar-refractivity contribution in [3.8, 4) is 11.4 Å². The van der Waals surface area contributed by atoms with Crippen LogP contribution >= 0.6 is 0 Å². The van der Waals surface area contributed by atoms with Gasteiger partial charge in [-0.25, -0.2) is 0 Å². The second kappa shape index (κ2) is 5.94. The summed E-state index contributed by atoms with van der Waals surface area (Å²) in [6, 6.07) is 7.21. The van der Waals surface area contributed by atoms with Gasteiger partial charge in [0, 0.05) is 25.7 Å². The van der Waals surface area contributed by atoms with Crippen LogP contribution in [-0.4, -0.2) is 67.9 Å². The van der Waals surface area contributed by atoms with Crippen LogP contribution in [0.15, 0.2) is 24.3 Å². The van der Waals surface area contributed by atoms with Gasteiger partial charge >= 0.3 is 0 Å². The Morgan fingerprint density at radius 2 is 1.96 bits per heavy atom. The number of H-pyrrole nitrogens is 1. The number of tetrazole rings is 1. The third-order valence-corrected chi connectivity index (χ3v) is 5.31. The van der Waals surface area contributed by atoms with E-state index in [1.165, 1.54) is 0 Å². The minimum Gasteiger partial charge on any atom is -0.344 e. The van der Waals surface area contributed by atoms with Gasteiger partial charge in [0.2, 0.25) is 11.7 Å². The number of rotatable bonds is 2. The minimum absolute atomic E-state index is 0.0571. The lowest BCUT2D eigenvalue weighted by molar-refractivity contribution is -0.144. The predicted molar refractivity (Wildman–Crippen MR) is 89.5 cm³/mol. The molecule has 0 radical (unpaired) electrons. The predicted octanol–water partition coefficient (Wildman–Crippen LogP) is 1.09. The molecule has 2 fully saturated rings. The first-order chi connectivity index (χ1) is 12.1. The van der Waals surface area contributed by atoms with E-state index in [1.807, 2.05) is 19.2 Å². The van der Waals surface area contributed by atoms with Gasteiger partial charge in [-0.05, 0) is 37.0 Å². The third kappa shape index (κ3) is 2.40. The lowest BCUT2D eigenvalue weighted by atomic mass is 9.85. The van der Waals surface area contributed by atoms with Gasteiger partial charge in [0.05, 0.1) is 5.56 Å². The lowest BCUT2D eigenvalue weighted by Gasteiger charge is -2.43. The fourth-order valence-electron chi connectivity index (χ4n) is 4.12. The van der Waals surface area contributed by atoms with Gasteiger partial charge in [0.1, 0.15) is 5.54 Å². The highest BCUT2D eigenvalue weighted by Gasteiger charge is 2.52. The molecule has 8 nitrogen and oxygen atoms in total. The molecule has 0 aliphatic carbocycles. The Balaban J connectivity index is 1.73. The van der Waals surface area contributed by atoms with Crippen molar-refractivity contribution in [3.05, 3.63) is 29.8 Å². The Morgan fingerprint density at radius 1 is 1.20 bits per heavy atom. The number of hydrogen-bond acceptors (Lipinski definition) is 5. The Labute approximate surface area is 145 Å². The summed E-state index contributed by atoms with van der Waals surface area (Å²) < 4.78 is 0. The van der Waals surface area contributed by atoms with E-state index in [1.54, 1.807) is 21.9 Å². The Hall–Kier alpha value is -2.77. The summed E-state index contributed by atoms with van der Waals surface area (Å²) in [5.74, 6) is 0.299. The van der Waals surface area contributed by atoms with Gasteiger partial charge in [0.25, 0.3) is 5.91 Å². The maximum absolute atomic E-state index is 13.4. The number of aromatic nitrogens is 4. The quantitative estimate of drug-likeness (QED) is 0.883. The highest BCUT2D eigenvalue weighted by atomic mass is 16.2. The Morgan fingerprint density at radius 3 is 2.72 bits per heavy atom. The van der Waals surface area contributed by atoms with E-state index in [0.29, 0.717) is 23.5 Å². The molecule has 1 aromatic carbocycles. The second-order valence-corrected chi connectivity index (χ2v) is 6.70. The molecule has 2 amide bonds. The third-order valence-electron chi connectivity index (χ3n) is 5.31. The number of piperidine rings is 1. The number of likely N-dealkylation sites (tertiary alicyclic amines) is 2. The molecule has 2 aliphatic rings. The van der Waals surface area contributed by atoms with Crippen molar-refractivity contribution in [1.29, 1.82) is 0 Å². The molecule has 0 saturated carbocycles. The van der Waals surface area contributed by atoms with Gasteiger partial charge in [-0.15, -0.1) is 10.2 Å². The zero-order chi connectivity index (χ0) is 17.4. The first-order valence-electron chi connectivity index (χ1n) is 8.54. The molecule has 1 spiro atoms. The molecule has 1 aromatic heterocycles. The van der Waals surface area contributed by atoms with Crippen LogP contribution in [0.5, 0.6) is 0 Å². The Kier molecular flexibility index (Phi) is 3.74. The van der Waals surface area contributed by atoms with E-state index < -0.39 is 5.54 Å². The van der Waals surface area contributed by atoms with Crippen LogP contribution in [0.25, 0.3) is 11.4 Å². The fraction of sp³-hybridized carbons (Fsp3) is 0.471. The summed E-state index contributed by atoms with van der Waals surface area (Å²) >= 11 is 0. The second-order valence-electron chi connectivity index (χ2n) is 6.70. The van der Waals surface area contributed by atoms with Crippen LogP contribution in [0.1, 0.15) is 36.0 Å². The summed E-state index contributed by atoms with van der Waals surface area (Å²) in [6.07, 6.45) is 3.22. The number of carbonyl (C=O) groups excluding carboxylic acids is 2. The van der Waals surface area contributed by atoms with Crippen molar-refractivity contribution in [2.45, 2.75) is 31.2 Å². The summed E-state index contributed by atoms with van der Waals surface area (Å²) in [6.45, 7) is 1.35. The van der Waals surface area contributed by atoms with Crippen LogP contribution in [0, 0.1) is 0 Å². The maximum Gasteiger partial charge on any atom is 0.255 e. The van der Waals surface area contributed by atoms with Crippen molar-refractivity contribution < 1.29 is 9.59 Å². The van der Waals surface area contributed by atoms with E-state index in [0.717, 1.165) is 32.2 Å². The van der Waals surface area contributed by atoms with Gasteiger partial charge in [-0.2, -0.15) is 5.21 Å². The molecule has 0 bridgehead atoms. The fourth-order valence-corrected chi connectivity index (χ4v) is 4.12. The zero-order valence-electron chi connectivity index (χ0n) is 14.1. The number of nitrogens with one attached hydrogen (secondary N) is 1. The highest BCUT2D eigenvalue weighted by molar-refractivity contribution is 6.03. The summed E-state index contributed by atoms with van der Waals surface area (Å²) in [4.78, 5) is 29.8. The minimum atomic E-state index is -0.700. The van der Waals surface area contributed by atoms with Gasteiger partial charge in [0.15, 0.2) is 0 Å². The first kappa shape index (κ1) is 15.7. The molecule has 2 saturated heterocycles. The maximum atomic E-state index is 13.4. The van der Waals surface area contributed by atoms with E-state index in [4.69, 9.17) is 0 Å². The summed E-state index contributed by atoms with van der Waals surface area (Å²) in [5, 5.41) is 14.0. The van der Waals surface area contributed by atoms with Crippen LogP contribution in [-0.2, 0) is 4.79 Å². The molecule has 2 aliphatic heterocycles. The zero-order valence-corrected chi connectivity index (χ0v) is 14.1. The van der Waals surface area contributed by atoms with Crippen molar-refractivity contribution in [3.63, 3.8) is 0 Å². The van der Waals surface area contributed by atoms with Gasteiger partial charge < -0.3 is 9.80 Å². The van der Waals surface area contributed by atoms with Crippen molar-refractivity contribution >= 4 is 11.8 Å². The van der Waals surface area contributed by atoms with Crippen molar-refractivity contribution in [2.75, 3.05) is 20.1 Å². The van der Waals surface area contributed by atoms with E-state index in [2.05, 4.69) is 20.6 Å². The molecule has 3 heterocycles. The van der Waals surface area contributed by atoms with Crippen molar-refractivity contribution in [2.24, 2.45) is 0 Å². The molecular weight excluding hydrogens is 320 g/mol. The molecule has 1 N–H and O–H groups in total. The molecule has 25 heavy (non-hydrogen) atoms. The standard InChI is InChI=1S/C17H20N6O2/c1-22-10-4-8-17(16(22)25)9-5-11-23(17)15(24)13-7-3-2-6-12(13)14-18-20-21-19-14/h2-3,6-7H,4-5,8-11H2,1H3,(H,18,19,20,21). The first-order valence-corrected chi connectivity index (χ1v) is 8.54. The van der Waals surface area contributed by atoms with Crippen LogP contribution in [0.3, 0.4) is 0 Å². The van der Waals surface area contributed by atoms with Crippen LogP contribution in [0.2, 0.25) is 0 Å². The SMILES string of the molecule is CN1CCCC2(CCCN2C(=O)c2ccccc2-c2nn[nH]n2)C1=O. The number of amides is 2. The summed E-state index contributed by atoms with van der Waals surface area (Å²) in [7, 11) is 1.82. The summed E-state index contributed by atoms with van der Waals surface area (Å²) in [5.41, 5.74) is 0.431. The molecule has 130 valence electrons. The molecule has 8 heteroatoms. The molecule has 2 aromatic rings. The van der Waals surface area contributed by atoms with E-state index in [-0.39, 0.29) is 11.8 Å². The van der Waals surface area contributed by atoms with Crippen LogP contribution in [0.4, 0.5) is 0 Å². The Bertz CT molecular complexity index is 805. The van der Waals surface area contributed by atoms with Gasteiger partial charge in [-0.3, -0.25) is 9.59 Å². The molecule has 4 rings (SSSR count). The number of hydrogen-bond donors (Lipinski definition) is 1. The number of aromatic amines is 1. The average molecular weight is 340 g/mol. The smallest absolute Gasteiger partial charge is 0.255 e. The largest absolute Gasteiger partial charge is 0.344 e. The normalized spacial score (nSPS) is 23.5. The van der Waals surface area contributed by atoms with Crippen LogP contribution < -0.4 is 0 Å². The lowest BCUT2D eigenvalue weighted by Crippen LogP contribution is -2.60.